The van der Waals surface area contributed by atoms with Gasteiger partial charge >= 0.3 is 6.01 Å². The van der Waals surface area contributed by atoms with Gasteiger partial charge in [0.15, 0.2) is 0 Å². The third kappa shape index (κ3) is 2.78. The van der Waals surface area contributed by atoms with E-state index < -0.39 is 0 Å². The second-order valence-electron chi connectivity index (χ2n) is 3.71. The Balaban J connectivity index is 1.92. The molecule has 2 atom stereocenters. The normalized spacial score (nSPS) is 25.7. The fourth-order valence-corrected chi connectivity index (χ4v) is 3.07. The lowest BCUT2D eigenvalue weighted by Gasteiger charge is -2.13. The maximum atomic E-state index is 5.59. The zero-order valence-electron chi connectivity index (χ0n) is 8.57. The van der Waals surface area contributed by atoms with Crippen molar-refractivity contribution in [3.05, 3.63) is 5.89 Å². The van der Waals surface area contributed by atoms with Crippen LogP contribution in [0, 0.1) is 5.92 Å². The summed E-state index contributed by atoms with van der Waals surface area (Å²) in [5.41, 5.74) is 0. The highest BCUT2D eigenvalue weighted by atomic mass is 35.5. The van der Waals surface area contributed by atoms with Gasteiger partial charge in [-0.2, -0.15) is 11.8 Å². The molecule has 1 fully saturated rings. The van der Waals surface area contributed by atoms with E-state index in [0.717, 1.165) is 5.75 Å². The lowest BCUT2D eigenvalue weighted by molar-refractivity contribution is 0.495. The van der Waals surface area contributed by atoms with Crippen LogP contribution in [0.15, 0.2) is 4.42 Å². The Morgan fingerprint density at radius 2 is 2.40 bits per heavy atom. The average molecular weight is 248 g/mol. The molecule has 0 radical (unpaired) electrons. The lowest BCUT2D eigenvalue weighted by Crippen LogP contribution is -2.25. The first kappa shape index (κ1) is 11.1. The molecule has 0 spiro atoms. The van der Waals surface area contributed by atoms with E-state index in [4.69, 9.17) is 16.0 Å². The molecule has 6 heteroatoms. The predicted molar refractivity (Wildman–Crippen MR) is 62.6 cm³/mol. The summed E-state index contributed by atoms with van der Waals surface area (Å²) in [6.45, 7) is 2.23. The third-order valence-electron chi connectivity index (χ3n) is 2.45. The Hall–Kier alpha value is -0.420. The predicted octanol–water partition coefficient (Wildman–Crippen LogP) is 2.01. The number of nitrogens with one attached hydrogen (secondary N) is 1. The molecule has 0 saturated carbocycles. The van der Waals surface area contributed by atoms with E-state index in [1.807, 2.05) is 11.8 Å². The van der Waals surface area contributed by atoms with Gasteiger partial charge in [-0.15, -0.1) is 16.7 Å². The minimum atomic E-state index is 0.444. The quantitative estimate of drug-likeness (QED) is 0.825. The van der Waals surface area contributed by atoms with Crippen LogP contribution in [-0.2, 0) is 6.42 Å². The second kappa shape index (κ2) is 5.07. The molecule has 4 nitrogen and oxygen atoms in total. The Morgan fingerprint density at radius 1 is 1.53 bits per heavy atom. The maximum absolute atomic E-state index is 5.59. The molecule has 15 heavy (non-hydrogen) atoms. The minimum absolute atomic E-state index is 0.444. The molecule has 2 rings (SSSR count). The fourth-order valence-electron chi connectivity index (χ4n) is 1.50. The largest absolute Gasteiger partial charge is 0.408 e. The number of anilines is 1. The van der Waals surface area contributed by atoms with Crippen molar-refractivity contribution in [2.24, 2.45) is 5.92 Å². The van der Waals surface area contributed by atoms with Crippen LogP contribution in [-0.4, -0.2) is 33.6 Å². The van der Waals surface area contributed by atoms with Gasteiger partial charge in [0.05, 0.1) is 0 Å². The molecule has 1 N–H and O–H groups in total. The van der Waals surface area contributed by atoms with Crippen LogP contribution in [0.2, 0.25) is 0 Å². The Morgan fingerprint density at radius 3 is 3.07 bits per heavy atom. The number of halogens is 1. The zero-order valence-corrected chi connectivity index (χ0v) is 10.1. The Labute approximate surface area is 98.2 Å². The molecule has 1 saturated heterocycles. The third-order valence-corrected chi connectivity index (χ3v) is 3.99. The van der Waals surface area contributed by atoms with Crippen molar-refractivity contribution in [1.82, 2.24) is 10.2 Å². The van der Waals surface area contributed by atoms with E-state index in [1.54, 1.807) is 0 Å². The smallest absolute Gasteiger partial charge is 0.315 e. The molecule has 1 aliphatic rings. The number of alkyl halides is 1. The van der Waals surface area contributed by atoms with Crippen LogP contribution in [0.5, 0.6) is 0 Å². The highest BCUT2D eigenvalue weighted by Crippen LogP contribution is 2.26. The number of hydrogen-bond donors (Lipinski definition) is 1. The van der Waals surface area contributed by atoms with Crippen molar-refractivity contribution in [3.63, 3.8) is 0 Å². The number of aryl methyl sites for hydroxylation is 1. The molecule has 84 valence electrons. The van der Waals surface area contributed by atoms with Gasteiger partial charge in [0.2, 0.25) is 5.89 Å². The SMILES string of the molecule is CC1CSCC1Nc1nnc(CCCl)o1. The molecular weight excluding hydrogens is 234 g/mol. The molecule has 0 bridgehead atoms. The summed E-state index contributed by atoms with van der Waals surface area (Å²) in [5, 5.41) is 11.1. The number of rotatable bonds is 4. The topological polar surface area (TPSA) is 51.0 Å². The van der Waals surface area contributed by atoms with Crippen LogP contribution in [0.3, 0.4) is 0 Å². The monoisotopic (exact) mass is 247 g/mol. The summed E-state index contributed by atoms with van der Waals surface area (Å²) in [6, 6.07) is 0.966. The first-order chi connectivity index (χ1) is 7.29. The highest BCUT2D eigenvalue weighted by molar-refractivity contribution is 7.99. The van der Waals surface area contributed by atoms with Crippen molar-refractivity contribution in [1.29, 1.82) is 0 Å². The van der Waals surface area contributed by atoms with Crippen LogP contribution in [0.25, 0.3) is 0 Å². The van der Waals surface area contributed by atoms with Crippen LogP contribution in [0.1, 0.15) is 12.8 Å². The van der Waals surface area contributed by atoms with Crippen LogP contribution < -0.4 is 5.32 Å². The summed E-state index contributed by atoms with van der Waals surface area (Å²) in [6.07, 6.45) is 0.630. The van der Waals surface area contributed by atoms with Gasteiger partial charge in [0.1, 0.15) is 0 Å². The number of hydrogen-bond acceptors (Lipinski definition) is 5. The van der Waals surface area contributed by atoms with Gasteiger partial charge in [0, 0.05) is 24.1 Å². The van der Waals surface area contributed by atoms with Gasteiger partial charge in [-0.25, -0.2) is 0 Å². The molecular formula is C9H14ClN3OS. The van der Waals surface area contributed by atoms with Crippen molar-refractivity contribution >= 4 is 29.4 Å². The minimum Gasteiger partial charge on any atom is -0.408 e. The molecule has 0 aliphatic carbocycles. The van der Waals surface area contributed by atoms with E-state index in [1.165, 1.54) is 5.75 Å². The van der Waals surface area contributed by atoms with Crippen molar-refractivity contribution < 1.29 is 4.42 Å². The number of nitrogens with zero attached hydrogens (tertiary/aromatic N) is 2. The van der Waals surface area contributed by atoms with Crippen LogP contribution in [0.4, 0.5) is 6.01 Å². The summed E-state index contributed by atoms with van der Waals surface area (Å²) in [5.74, 6) is 4.07. The molecule has 1 aliphatic heterocycles. The van der Waals surface area contributed by atoms with E-state index in [-0.39, 0.29) is 0 Å². The first-order valence-corrected chi connectivity index (χ1v) is 6.71. The van der Waals surface area contributed by atoms with E-state index in [9.17, 15) is 0 Å². The summed E-state index contributed by atoms with van der Waals surface area (Å²) >= 11 is 7.54. The molecule has 1 aromatic heterocycles. The maximum Gasteiger partial charge on any atom is 0.315 e. The van der Waals surface area contributed by atoms with Crippen molar-refractivity contribution in [2.45, 2.75) is 19.4 Å². The fraction of sp³-hybridized carbons (Fsp3) is 0.778. The number of thioether (sulfide) groups is 1. The molecule has 2 heterocycles. The molecule has 0 aromatic carbocycles. The Bertz CT molecular complexity index is 320. The van der Waals surface area contributed by atoms with Gasteiger partial charge in [-0.05, 0) is 11.7 Å². The van der Waals surface area contributed by atoms with Crippen molar-refractivity contribution in [3.8, 4) is 0 Å². The Kier molecular flexibility index (Phi) is 3.75. The van der Waals surface area contributed by atoms with E-state index >= 15 is 0 Å². The lowest BCUT2D eigenvalue weighted by atomic mass is 10.1. The zero-order chi connectivity index (χ0) is 10.7. The molecule has 1 aromatic rings. The second-order valence-corrected chi connectivity index (χ2v) is 5.16. The van der Waals surface area contributed by atoms with Gasteiger partial charge in [-0.1, -0.05) is 12.0 Å². The van der Waals surface area contributed by atoms with E-state index in [0.29, 0.717) is 36.2 Å². The van der Waals surface area contributed by atoms with E-state index in [2.05, 4.69) is 22.4 Å². The molecule has 0 amide bonds. The number of aromatic nitrogens is 2. The average Bonchev–Trinajstić information content (AvgIpc) is 2.79. The standard InChI is InChI=1S/C9H14ClN3OS/c1-6-4-15-5-7(6)11-9-13-12-8(14-9)2-3-10/h6-7H,2-5H2,1H3,(H,11,13). The highest BCUT2D eigenvalue weighted by Gasteiger charge is 2.25. The molecule has 2 unspecified atom stereocenters. The van der Waals surface area contributed by atoms with Gasteiger partial charge in [-0.3, -0.25) is 0 Å². The summed E-state index contributed by atoms with van der Waals surface area (Å²) < 4.78 is 5.41. The van der Waals surface area contributed by atoms with Gasteiger partial charge in [0.25, 0.3) is 0 Å². The summed E-state index contributed by atoms with van der Waals surface area (Å²) in [7, 11) is 0. The van der Waals surface area contributed by atoms with Crippen LogP contribution >= 0.6 is 23.4 Å². The van der Waals surface area contributed by atoms with Gasteiger partial charge < -0.3 is 9.73 Å². The first-order valence-electron chi connectivity index (χ1n) is 5.02. The van der Waals surface area contributed by atoms with Crippen molar-refractivity contribution in [2.75, 3.05) is 22.7 Å². The summed E-state index contributed by atoms with van der Waals surface area (Å²) in [4.78, 5) is 0.